The largest absolute Gasteiger partial charge is 0.497 e. The Bertz CT molecular complexity index is 510. The van der Waals surface area contributed by atoms with E-state index < -0.39 is 0 Å². The maximum Gasteiger partial charge on any atom is 0.222 e. The summed E-state index contributed by atoms with van der Waals surface area (Å²) < 4.78 is 5.22. The lowest BCUT2D eigenvalue weighted by Crippen LogP contribution is -2.54. The number of benzene rings is 1. The molecule has 0 unspecified atom stereocenters. The van der Waals surface area contributed by atoms with Gasteiger partial charge in [-0.2, -0.15) is 0 Å². The van der Waals surface area contributed by atoms with Crippen molar-refractivity contribution in [1.29, 1.82) is 0 Å². The number of ether oxygens (including phenoxy) is 1. The van der Waals surface area contributed by atoms with Gasteiger partial charge in [-0.15, -0.1) is 0 Å². The van der Waals surface area contributed by atoms with Crippen LogP contribution in [0, 0.1) is 5.41 Å². The van der Waals surface area contributed by atoms with E-state index in [1.54, 1.807) is 7.11 Å². The number of hydrogen-bond donors (Lipinski definition) is 1. The number of anilines is 1. The number of piperidine rings is 1. The van der Waals surface area contributed by atoms with E-state index in [1.165, 1.54) is 5.69 Å². The zero-order valence-electron chi connectivity index (χ0n) is 12.3. The second-order valence-corrected chi connectivity index (χ2v) is 6.53. The molecule has 0 spiro atoms. The van der Waals surface area contributed by atoms with Crippen molar-refractivity contribution in [2.24, 2.45) is 5.41 Å². The van der Waals surface area contributed by atoms with Gasteiger partial charge in [0, 0.05) is 30.7 Å². The SMILES string of the molecule is COc1ccc(N2C[C@@H]3CC(C)(C)[C@H]2CC(=O)N3)cc1. The molecule has 0 saturated carbocycles. The molecule has 4 heteroatoms. The van der Waals surface area contributed by atoms with Gasteiger partial charge in [-0.3, -0.25) is 4.79 Å². The zero-order chi connectivity index (χ0) is 14.3. The van der Waals surface area contributed by atoms with Gasteiger partial charge >= 0.3 is 0 Å². The fourth-order valence-corrected chi connectivity index (χ4v) is 3.63. The maximum absolute atomic E-state index is 12.0. The third kappa shape index (κ3) is 2.23. The molecule has 3 aliphatic heterocycles. The molecular formula is C16H22N2O2. The van der Waals surface area contributed by atoms with E-state index in [2.05, 4.69) is 36.2 Å². The highest BCUT2D eigenvalue weighted by atomic mass is 16.5. The zero-order valence-corrected chi connectivity index (χ0v) is 12.3. The molecule has 0 radical (unpaired) electrons. The van der Waals surface area contributed by atoms with Crippen LogP contribution in [0.1, 0.15) is 26.7 Å². The molecule has 0 aliphatic carbocycles. The van der Waals surface area contributed by atoms with Gasteiger partial charge < -0.3 is 15.0 Å². The van der Waals surface area contributed by atoms with Crippen molar-refractivity contribution >= 4 is 11.6 Å². The Kier molecular flexibility index (Phi) is 3.11. The van der Waals surface area contributed by atoms with Crippen molar-refractivity contribution in [3.8, 4) is 5.75 Å². The van der Waals surface area contributed by atoms with Gasteiger partial charge in [0.1, 0.15) is 5.75 Å². The first-order valence-corrected chi connectivity index (χ1v) is 7.20. The molecule has 4 rings (SSSR count). The number of rotatable bonds is 2. The van der Waals surface area contributed by atoms with Crippen molar-refractivity contribution < 1.29 is 9.53 Å². The quantitative estimate of drug-likeness (QED) is 0.899. The number of carbonyl (C=O) groups excluding carboxylic acids is 1. The molecular weight excluding hydrogens is 252 g/mol. The van der Waals surface area contributed by atoms with Gasteiger partial charge in [-0.25, -0.2) is 0 Å². The number of nitrogens with one attached hydrogen (secondary N) is 1. The van der Waals surface area contributed by atoms with Crippen LogP contribution in [0.2, 0.25) is 0 Å². The average Bonchev–Trinajstić information content (AvgIpc) is 2.63. The standard InChI is InChI=1S/C16H22N2O2/c1-16(2)9-11-10-18(14(16)8-15(19)17-11)12-4-6-13(20-3)7-5-12/h4-7,11,14H,8-10H2,1-3H3,(H,17,19)/t11-,14+/m0/s1. The normalized spacial score (nSPS) is 27.9. The number of amides is 1. The lowest BCUT2D eigenvalue weighted by atomic mass is 9.74. The predicted molar refractivity (Wildman–Crippen MR) is 79.1 cm³/mol. The number of carbonyl (C=O) groups is 1. The van der Waals surface area contributed by atoms with Crippen LogP contribution in [-0.4, -0.2) is 31.6 Å². The van der Waals surface area contributed by atoms with Crippen LogP contribution in [0.5, 0.6) is 5.75 Å². The van der Waals surface area contributed by atoms with Crippen molar-refractivity contribution in [3.05, 3.63) is 24.3 Å². The third-order valence-electron chi connectivity index (χ3n) is 4.62. The molecule has 0 aromatic heterocycles. The molecule has 3 aliphatic rings. The molecule has 3 saturated heterocycles. The number of methoxy groups -OCH3 is 1. The van der Waals surface area contributed by atoms with Gasteiger partial charge in [-0.1, -0.05) is 13.8 Å². The van der Waals surface area contributed by atoms with Crippen LogP contribution in [0.15, 0.2) is 24.3 Å². The second-order valence-electron chi connectivity index (χ2n) is 6.53. The molecule has 108 valence electrons. The topological polar surface area (TPSA) is 41.6 Å². The highest BCUT2D eigenvalue weighted by molar-refractivity contribution is 5.79. The Balaban J connectivity index is 1.94. The summed E-state index contributed by atoms with van der Waals surface area (Å²) in [4.78, 5) is 14.3. The van der Waals surface area contributed by atoms with E-state index in [9.17, 15) is 4.79 Å². The lowest BCUT2D eigenvalue weighted by Gasteiger charge is -2.48. The van der Waals surface area contributed by atoms with Gasteiger partial charge in [-0.05, 0) is 36.1 Å². The molecule has 1 amide bonds. The summed E-state index contributed by atoms with van der Waals surface area (Å²) in [5.74, 6) is 1.05. The van der Waals surface area contributed by atoms with E-state index in [1.807, 2.05) is 12.1 Å². The monoisotopic (exact) mass is 274 g/mol. The predicted octanol–water partition coefficient (Wildman–Crippen LogP) is 2.19. The molecule has 2 bridgehead atoms. The van der Waals surface area contributed by atoms with Gasteiger partial charge in [0.25, 0.3) is 0 Å². The molecule has 1 aromatic rings. The Morgan fingerprint density at radius 3 is 2.65 bits per heavy atom. The fourth-order valence-electron chi connectivity index (χ4n) is 3.63. The lowest BCUT2D eigenvalue weighted by molar-refractivity contribution is -0.121. The smallest absolute Gasteiger partial charge is 0.222 e. The summed E-state index contributed by atoms with van der Waals surface area (Å²) >= 11 is 0. The summed E-state index contributed by atoms with van der Waals surface area (Å²) in [7, 11) is 1.68. The van der Waals surface area contributed by atoms with Crippen molar-refractivity contribution in [2.45, 2.75) is 38.8 Å². The van der Waals surface area contributed by atoms with Crippen LogP contribution >= 0.6 is 0 Å². The summed E-state index contributed by atoms with van der Waals surface area (Å²) in [6.45, 7) is 5.42. The van der Waals surface area contributed by atoms with E-state index in [0.717, 1.165) is 18.7 Å². The van der Waals surface area contributed by atoms with E-state index >= 15 is 0 Å². The molecule has 4 nitrogen and oxygen atoms in total. The highest BCUT2D eigenvalue weighted by Gasteiger charge is 2.45. The first-order valence-electron chi connectivity index (χ1n) is 7.20. The van der Waals surface area contributed by atoms with Crippen LogP contribution in [0.25, 0.3) is 0 Å². The average molecular weight is 274 g/mol. The Morgan fingerprint density at radius 2 is 2.00 bits per heavy atom. The third-order valence-corrected chi connectivity index (χ3v) is 4.62. The Morgan fingerprint density at radius 1 is 1.30 bits per heavy atom. The Labute approximate surface area is 120 Å². The van der Waals surface area contributed by atoms with Crippen LogP contribution in [0.3, 0.4) is 0 Å². The van der Waals surface area contributed by atoms with E-state index in [4.69, 9.17) is 4.74 Å². The summed E-state index contributed by atoms with van der Waals surface area (Å²) in [6.07, 6.45) is 1.63. The minimum Gasteiger partial charge on any atom is -0.497 e. The van der Waals surface area contributed by atoms with Crippen LogP contribution in [-0.2, 0) is 4.79 Å². The number of fused-ring (bicyclic) bond motifs is 4. The number of nitrogens with zero attached hydrogens (tertiary/aromatic N) is 1. The highest BCUT2D eigenvalue weighted by Crippen LogP contribution is 2.41. The number of hydrogen-bond acceptors (Lipinski definition) is 3. The first-order chi connectivity index (χ1) is 9.49. The molecule has 2 atom stereocenters. The van der Waals surface area contributed by atoms with E-state index in [0.29, 0.717) is 6.42 Å². The minimum atomic E-state index is 0.141. The molecule has 3 fully saturated rings. The van der Waals surface area contributed by atoms with Crippen molar-refractivity contribution in [2.75, 3.05) is 18.6 Å². The van der Waals surface area contributed by atoms with Crippen LogP contribution in [0.4, 0.5) is 5.69 Å². The first kappa shape index (κ1) is 13.3. The van der Waals surface area contributed by atoms with Gasteiger partial charge in [0.15, 0.2) is 0 Å². The summed E-state index contributed by atoms with van der Waals surface area (Å²) in [6, 6.07) is 8.64. The maximum atomic E-state index is 12.0. The molecule has 1 aromatic carbocycles. The van der Waals surface area contributed by atoms with Gasteiger partial charge in [0.2, 0.25) is 5.91 Å². The summed E-state index contributed by atoms with van der Waals surface area (Å²) in [5.41, 5.74) is 1.31. The molecule has 3 heterocycles. The van der Waals surface area contributed by atoms with Gasteiger partial charge in [0.05, 0.1) is 7.11 Å². The Hall–Kier alpha value is -1.71. The minimum absolute atomic E-state index is 0.141. The fraction of sp³-hybridized carbons (Fsp3) is 0.562. The van der Waals surface area contributed by atoms with Crippen molar-refractivity contribution in [1.82, 2.24) is 5.32 Å². The van der Waals surface area contributed by atoms with Crippen LogP contribution < -0.4 is 15.0 Å². The molecule has 1 N–H and O–H groups in total. The van der Waals surface area contributed by atoms with E-state index in [-0.39, 0.29) is 23.4 Å². The molecule has 20 heavy (non-hydrogen) atoms. The summed E-state index contributed by atoms with van der Waals surface area (Å²) in [5, 5.41) is 3.14. The van der Waals surface area contributed by atoms with Crippen molar-refractivity contribution in [3.63, 3.8) is 0 Å². The second kappa shape index (κ2) is 4.69.